The van der Waals surface area contributed by atoms with Gasteiger partial charge in [-0.15, -0.1) is 0 Å². The Hall–Kier alpha value is -2.93. The fraction of sp³-hybridized carbons (Fsp3) is 0.250. The van der Waals surface area contributed by atoms with Gasteiger partial charge in [0.25, 0.3) is 10.0 Å². The van der Waals surface area contributed by atoms with Crippen LogP contribution in [-0.4, -0.2) is 45.4 Å². The van der Waals surface area contributed by atoms with Crippen molar-refractivity contribution in [2.24, 2.45) is 0 Å². The molecule has 0 aromatic heterocycles. The van der Waals surface area contributed by atoms with E-state index in [2.05, 4.69) is 16.6 Å². The first-order chi connectivity index (χ1) is 14.3. The van der Waals surface area contributed by atoms with Crippen molar-refractivity contribution in [2.75, 3.05) is 24.5 Å². The summed E-state index contributed by atoms with van der Waals surface area (Å²) in [4.78, 5) is 10.8. The molecule has 0 radical (unpaired) electrons. The number of ether oxygens (including phenoxy) is 3. The van der Waals surface area contributed by atoms with Crippen LogP contribution in [0.5, 0.6) is 11.5 Å². The smallest absolute Gasteiger partial charge is 0.332 e. The van der Waals surface area contributed by atoms with Crippen LogP contribution in [0.3, 0.4) is 0 Å². The van der Waals surface area contributed by atoms with Gasteiger partial charge in [0.2, 0.25) is 0 Å². The highest BCUT2D eigenvalue weighted by Crippen LogP contribution is 2.33. The second-order valence-electron chi connectivity index (χ2n) is 6.19. The summed E-state index contributed by atoms with van der Waals surface area (Å²) in [7, 11) is -3.94. The van der Waals surface area contributed by atoms with Crippen LogP contribution in [0.1, 0.15) is 12.5 Å². The second-order valence-corrected chi connectivity index (χ2v) is 8.31. The molecule has 0 fully saturated rings. The number of rotatable bonds is 6. The Labute approximate surface area is 178 Å². The first kappa shape index (κ1) is 21.8. The number of carboxylic acids is 1. The molecule has 0 saturated heterocycles. The lowest BCUT2D eigenvalue weighted by molar-refractivity contribution is -0.148. The standard InChI is InChI=1S/C20H18ClNO7S/c1-13(20(23)24)27-8-2-3-14-11-15(21)4-6-17(14)22-30(25,26)16-5-7-18-19(12-16)29-10-9-28-18/h4-7,11-13,22H,8-10H2,1H3,(H,23,24). The molecule has 3 rings (SSSR count). The summed E-state index contributed by atoms with van der Waals surface area (Å²) in [5.41, 5.74) is 0.531. The molecule has 0 aliphatic carbocycles. The maximum Gasteiger partial charge on any atom is 0.332 e. The number of hydrogen-bond donors (Lipinski definition) is 2. The third-order valence-electron chi connectivity index (χ3n) is 4.03. The minimum atomic E-state index is -3.94. The maximum atomic E-state index is 12.8. The molecule has 0 bridgehead atoms. The summed E-state index contributed by atoms with van der Waals surface area (Å²) in [6.07, 6.45) is -1.01. The summed E-state index contributed by atoms with van der Waals surface area (Å²) in [5, 5.41) is 9.17. The third-order valence-corrected chi connectivity index (χ3v) is 5.62. The van der Waals surface area contributed by atoms with Gasteiger partial charge < -0.3 is 19.3 Å². The van der Waals surface area contributed by atoms with Crippen LogP contribution in [0.25, 0.3) is 0 Å². The van der Waals surface area contributed by atoms with Gasteiger partial charge in [0.1, 0.15) is 19.8 Å². The molecule has 1 aliphatic rings. The number of anilines is 1. The summed E-state index contributed by atoms with van der Waals surface area (Å²) >= 11 is 6.00. The monoisotopic (exact) mass is 451 g/mol. The Kier molecular flexibility index (Phi) is 6.72. The summed E-state index contributed by atoms with van der Waals surface area (Å²) in [5.74, 6) is 5.13. The van der Waals surface area contributed by atoms with Crippen LogP contribution in [0.4, 0.5) is 5.69 Å². The minimum absolute atomic E-state index is 0.000717. The predicted molar refractivity (Wildman–Crippen MR) is 110 cm³/mol. The van der Waals surface area contributed by atoms with Crippen molar-refractivity contribution >= 4 is 33.3 Å². The van der Waals surface area contributed by atoms with Crippen LogP contribution in [0.15, 0.2) is 41.3 Å². The Bertz CT molecular complexity index is 1120. The van der Waals surface area contributed by atoms with Crippen LogP contribution < -0.4 is 14.2 Å². The lowest BCUT2D eigenvalue weighted by Gasteiger charge is -2.19. The first-order valence-corrected chi connectivity index (χ1v) is 10.7. The topological polar surface area (TPSA) is 111 Å². The second kappa shape index (κ2) is 9.26. The Morgan fingerprint density at radius 3 is 2.70 bits per heavy atom. The van der Waals surface area contributed by atoms with E-state index in [1.165, 1.54) is 43.3 Å². The quantitative estimate of drug-likeness (QED) is 0.649. The number of aliphatic carboxylic acids is 1. The van der Waals surface area contributed by atoms with Crippen molar-refractivity contribution in [2.45, 2.75) is 17.9 Å². The highest BCUT2D eigenvalue weighted by Gasteiger charge is 2.20. The lowest BCUT2D eigenvalue weighted by Crippen LogP contribution is -2.19. The van der Waals surface area contributed by atoms with E-state index in [1.54, 1.807) is 0 Å². The molecule has 8 nitrogen and oxygen atoms in total. The van der Waals surface area contributed by atoms with Gasteiger partial charge in [0.15, 0.2) is 17.6 Å². The number of halogens is 1. The van der Waals surface area contributed by atoms with Gasteiger partial charge in [-0.1, -0.05) is 23.4 Å². The molecule has 2 N–H and O–H groups in total. The molecule has 0 spiro atoms. The lowest BCUT2D eigenvalue weighted by atomic mass is 10.2. The van der Waals surface area contributed by atoms with Crippen molar-refractivity contribution in [3.63, 3.8) is 0 Å². The van der Waals surface area contributed by atoms with Crippen LogP contribution >= 0.6 is 11.6 Å². The van der Waals surface area contributed by atoms with Gasteiger partial charge in [-0.3, -0.25) is 4.72 Å². The van der Waals surface area contributed by atoms with Gasteiger partial charge in [-0.05, 0) is 37.3 Å². The summed E-state index contributed by atoms with van der Waals surface area (Å²) in [6.45, 7) is 1.98. The molecule has 30 heavy (non-hydrogen) atoms. The number of nitrogens with one attached hydrogen (secondary N) is 1. The van der Waals surface area contributed by atoms with E-state index in [1.807, 2.05) is 0 Å². The number of benzene rings is 2. The van der Waals surface area contributed by atoms with Crippen LogP contribution in [0.2, 0.25) is 5.02 Å². The molecule has 158 valence electrons. The van der Waals surface area contributed by atoms with Crippen LogP contribution in [-0.2, 0) is 19.6 Å². The third kappa shape index (κ3) is 5.36. The van der Waals surface area contributed by atoms with E-state index in [0.29, 0.717) is 35.3 Å². The zero-order chi connectivity index (χ0) is 21.7. The van der Waals surface area contributed by atoms with Gasteiger partial charge in [0, 0.05) is 11.1 Å². The van der Waals surface area contributed by atoms with Gasteiger partial charge in [-0.25, -0.2) is 13.2 Å². The fourth-order valence-electron chi connectivity index (χ4n) is 2.47. The Morgan fingerprint density at radius 2 is 1.97 bits per heavy atom. The molecule has 1 aliphatic heterocycles. The van der Waals surface area contributed by atoms with E-state index >= 15 is 0 Å². The van der Waals surface area contributed by atoms with Gasteiger partial charge in [0.05, 0.1) is 16.1 Å². The van der Waals surface area contributed by atoms with E-state index < -0.39 is 22.1 Å². The number of carboxylic acid groups (broad SMARTS) is 1. The summed E-state index contributed by atoms with van der Waals surface area (Å²) in [6, 6.07) is 8.85. The van der Waals surface area contributed by atoms with Gasteiger partial charge >= 0.3 is 5.97 Å². The molecule has 0 saturated carbocycles. The maximum absolute atomic E-state index is 12.8. The van der Waals surface area contributed by atoms with Crippen molar-refractivity contribution in [1.82, 2.24) is 0 Å². The Morgan fingerprint density at radius 1 is 1.23 bits per heavy atom. The molecule has 2 aromatic rings. The van der Waals surface area contributed by atoms with E-state index in [0.717, 1.165) is 0 Å². The number of carbonyl (C=O) groups is 1. The van der Waals surface area contributed by atoms with Crippen molar-refractivity contribution in [3.05, 3.63) is 47.0 Å². The molecule has 0 amide bonds. The fourth-order valence-corrected chi connectivity index (χ4v) is 3.74. The average molecular weight is 452 g/mol. The normalized spacial score (nSPS) is 13.7. The summed E-state index contributed by atoms with van der Waals surface area (Å²) < 4.78 is 44.1. The largest absolute Gasteiger partial charge is 0.486 e. The highest BCUT2D eigenvalue weighted by molar-refractivity contribution is 7.92. The molecular formula is C20H18ClNO7S. The van der Waals surface area contributed by atoms with Crippen LogP contribution in [0, 0.1) is 11.8 Å². The molecule has 10 heteroatoms. The van der Waals surface area contributed by atoms with Crippen molar-refractivity contribution in [1.29, 1.82) is 0 Å². The average Bonchev–Trinajstić information content (AvgIpc) is 2.72. The number of hydrogen-bond acceptors (Lipinski definition) is 6. The van der Waals surface area contributed by atoms with Crippen molar-refractivity contribution in [3.8, 4) is 23.3 Å². The zero-order valence-corrected chi connectivity index (χ0v) is 17.4. The Balaban J connectivity index is 1.81. The molecular weight excluding hydrogens is 434 g/mol. The molecule has 1 unspecified atom stereocenters. The highest BCUT2D eigenvalue weighted by atomic mass is 35.5. The molecule has 1 atom stereocenters. The first-order valence-electron chi connectivity index (χ1n) is 8.81. The molecule has 1 heterocycles. The number of sulfonamides is 1. The van der Waals surface area contributed by atoms with Gasteiger partial charge in [-0.2, -0.15) is 0 Å². The van der Waals surface area contributed by atoms with E-state index in [-0.39, 0.29) is 17.2 Å². The SMILES string of the molecule is CC(OCC#Cc1cc(Cl)ccc1NS(=O)(=O)c1ccc2c(c1)OCCO2)C(=O)O. The van der Waals surface area contributed by atoms with E-state index in [4.69, 9.17) is 30.9 Å². The molecule has 2 aromatic carbocycles. The zero-order valence-electron chi connectivity index (χ0n) is 15.8. The van der Waals surface area contributed by atoms with Crippen molar-refractivity contribution < 1.29 is 32.5 Å². The predicted octanol–water partition coefficient (Wildman–Crippen LogP) is 2.75. The number of fused-ring (bicyclic) bond motifs is 1. The van der Waals surface area contributed by atoms with E-state index in [9.17, 15) is 13.2 Å². The minimum Gasteiger partial charge on any atom is -0.486 e.